The van der Waals surface area contributed by atoms with Crippen LogP contribution in [0, 0.1) is 0 Å². The molecule has 2 N–H and O–H groups in total. The Labute approximate surface area is 78.2 Å². The molecule has 0 aromatic carbocycles. The molecule has 0 saturated carbocycles. The van der Waals surface area contributed by atoms with Crippen LogP contribution >= 0.6 is 0 Å². The number of carboxylic acid groups (broad SMARTS) is 1. The topological polar surface area (TPSA) is 60.8 Å². The highest BCUT2D eigenvalue weighted by molar-refractivity contribution is 5.79. The van der Waals surface area contributed by atoms with Gasteiger partial charge in [-0.25, -0.2) is 4.79 Å². The first-order valence-electron chi connectivity index (χ1n) is 4.73. The molecule has 1 aliphatic heterocycles. The second-order valence-electron chi connectivity index (χ2n) is 3.71. The maximum absolute atomic E-state index is 10.6. The number of carbonyl (C=O) groups is 1. The number of carboxylic acids is 1. The summed E-state index contributed by atoms with van der Waals surface area (Å²) in [5.41, 5.74) is -1.48. The third-order valence-electron chi connectivity index (χ3n) is 2.79. The Morgan fingerprint density at radius 1 is 1.46 bits per heavy atom. The lowest BCUT2D eigenvalue weighted by Crippen LogP contribution is -2.68. The van der Waals surface area contributed by atoms with Crippen molar-refractivity contribution in [3.05, 3.63) is 0 Å². The van der Waals surface area contributed by atoms with Gasteiger partial charge in [0, 0.05) is 19.1 Å². The van der Waals surface area contributed by atoms with Crippen LogP contribution in [0.2, 0.25) is 0 Å². The van der Waals surface area contributed by atoms with Crippen LogP contribution in [0.3, 0.4) is 0 Å². The minimum atomic E-state index is -1.48. The van der Waals surface area contributed by atoms with Crippen LogP contribution in [0.4, 0.5) is 0 Å². The maximum Gasteiger partial charge on any atom is 0.338 e. The van der Waals surface area contributed by atoms with E-state index in [1.54, 1.807) is 0 Å². The van der Waals surface area contributed by atoms with Gasteiger partial charge in [0.1, 0.15) is 0 Å². The normalized spacial score (nSPS) is 21.5. The van der Waals surface area contributed by atoms with E-state index in [4.69, 9.17) is 5.11 Å². The maximum atomic E-state index is 10.6. The average Bonchev–Trinajstić information content (AvgIpc) is 2.02. The molecular formula is C9H17NO3. The summed E-state index contributed by atoms with van der Waals surface area (Å²) in [4.78, 5) is 12.6. The molecule has 13 heavy (non-hydrogen) atoms. The molecule has 1 heterocycles. The van der Waals surface area contributed by atoms with E-state index >= 15 is 0 Å². The highest BCUT2D eigenvalue weighted by Crippen LogP contribution is 2.25. The number of aliphatic carboxylic acids is 1. The van der Waals surface area contributed by atoms with E-state index in [0.717, 1.165) is 12.8 Å². The van der Waals surface area contributed by atoms with Crippen molar-refractivity contribution in [3.8, 4) is 0 Å². The van der Waals surface area contributed by atoms with E-state index in [1.165, 1.54) is 0 Å². The predicted molar refractivity (Wildman–Crippen MR) is 48.5 cm³/mol. The first-order chi connectivity index (χ1) is 6.03. The minimum Gasteiger partial charge on any atom is -0.479 e. The number of likely N-dealkylation sites (tertiary alicyclic amines) is 1. The molecule has 1 saturated heterocycles. The summed E-state index contributed by atoms with van der Waals surface area (Å²) in [6.07, 6.45) is 2.01. The summed E-state index contributed by atoms with van der Waals surface area (Å²) in [7, 11) is 0. The monoisotopic (exact) mass is 187 g/mol. The molecule has 4 heteroatoms. The van der Waals surface area contributed by atoms with E-state index in [0.29, 0.717) is 6.04 Å². The van der Waals surface area contributed by atoms with Crippen LogP contribution in [0.15, 0.2) is 0 Å². The average molecular weight is 187 g/mol. The van der Waals surface area contributed by atoms with Gasteiger partial charge < -0.3 is 10.2 Å². The Kier molecular flexibility index (Phi) is 2.93. The third-order valence-corrected chi connectivity index (χ3v) is 2.79. The van der Waals surface area contributed by atoms with Crippen molar-refractivity contribution in [3.63, 3.8) is 0 Å². The molecule has 4 nitrogen and oxygen atoms in total. The van der Waals surface area contributed by atoms with Gasteiger partial charge >= 0.3 is 5.97 Å². The second kappa shape index (κ2) is 3.64. The molecule has 0 aromatic rings. The zero-order valence-electron chi connectivity index (χ0n) is 8.16. The van der Waals surface area contributed by atoms with Gasteiger partial charge in [-0.1, -0.05) is 13.8 Å². The predicted octanol–water partition coefficient (Wildman–Crippen LogP) is 0.306. The number of β-amino-alcohol motifs (C(OH)–C–C–N with tert-alkyl or cyclic N) is 1. The number of rotatable bonds is 4. The fourth-order valence-corrected chi connectivity index (χ4v) is 1.82. The van der Waals surface area contributed by atoms with Crippen molar-refractivity contribution < 1.29 is 15.0 Å². The lowest BCUT2D eigenvalue weighted by molar-refractivity contribution is -0.181. The minimum absolute atomic E-state index is 0.272. The Hall–Kier alpha value is -0.610. The van der Waals surface area contributed by atoms with Gasteiger partial charge in [-0.2, -0.15) is 0 Å². The molecule has 0 unspecified atom stereocenters. The molecular weight excluding hydrogens is 170 g/mol. The largest absolute Gasteiger partial charge is 0.479 e. The van der Waals surface area contributed by atoms with Crippen LogP contribution in [-0.4, -0.2) is 45.8 Å². The molecule has 0 amide bonds. The summed E-state index contributed by atoms with van der Waals surface area (Å²) < 4.78 is 0. The molecule has 0 aliphatic carbocycles. The summed E-state index contributed by atoms with van der Waals surface area (Å²) in [6, 6.07) is 0.416. The standard InChI is InChI=1S/C9H17NO3/c1-3-7(4-2)10-5-9(13,6-10)8(11)12/h7,13H,3-6H2,1-2H3,(H,11,12). The van der Waals surface area contributed by atoms with Crippen LogP contribution < -0.4 is 0 Å². The van der Waals surface area contributed by atoms with E-state index in [2.05, 4.69) is 13.8 Å². The Morgan fingerprint density at radius 3 is 2.23 bits per heavy atom. The molecule has 0 radical (unpaired) electrons. The first kappa shape index (κ1) is 10.5. The molecule has 76 valence electrons. The first-order valence-corrected chi connectivity index (χ1v) is 4.73. The summed E-state index contributed by atoms with van der Waals surface area (Å²) in [6.45, 7) is 4.70. The van der Waals surface area contributed by atoms with Crippen LogP contribution in [0.5, 0.6) is 0 Å². The number of hydrogen-bond donors (Lipinski definition) is 2. The molecule has 0 bridgehead atoms. The van der Waals surface area contributed by atoms with Crippen LogP contribution in [-0.2, 0) is 4.79 Å². The quantitative estimate of drug-likeness (QED) is 0.665. The molecule has 1 fully saturated rings. The lowest BCUT2D eigenvalue weighted by Gasteiger charge is -2.47. The van der Waals surface area contributed by atoms with Gasteiger partial charge in [0.15, 0.2) is 5.60 Å². The van der Waals surface area contributed by atoms with E-state index in [9.17, 15) is 9.90 Å². The summed E-state index contributed by atoms with van der Waals surface area (Å²) >= 11 is 0. The number of hydrogen-bond acceptors (Lipinski definition) is 3. The smallest absolute Gasteiger partial charge is 0.338 e. The van der Waals surface area contributed by atoms with Gasteiger partial charge in [-0.05, 0) is 12.8 Å². The molecule has 0 atom stereocenters. The Balaban J connectivity index is 2.44. The van der Waals surface area contributed by atoms with Crippen molar-refractivity contribution in [2.24, 2.45) is 0 Å². The van der Waals surface area contributed by atoms with E-state index in [1.807, 2.05) is 4.90 Å². The van der Waals surface area contributed by atoms with Crippen molar-refractivity contribution in [2.45, 2.75) is 38.3 Å². The Morgan fingerprint density at radius 2 is 1.92 bits per heavy atom. The van der Waals surface area contributed by atoms with Crippen molar-refractivity contribution in [1.29, 1.82) is 0 Å². The fourth-order valence-electron chi connectivity index (χ4n) is 1.82. The van der Waals surface area contributed by atoms with Gasteiger partial charge in [0.05, 0.1) is 0 Å². The Bertz CT molecular complexity index is 195. The second-order valence-corrected chi connectivity index (χ2v) is 3.71. The fraction of sp³-hybridized carbons (Fsp3) is 0.889. The van der Waals surface area contributed by atoms with Crippen molar-refractivity contribution >= 4 is 5.97 Å². The molecule has 1 aliphatic rings. The molecule has 0 spiro atoms. The molecule has 1 rings (SSSR count). The highest BCUT2D eigenvalue weighted by atomic mass is 16.4. The van der Waals surface area contributed by atoms with Gasteiger partial charge in [0.25, 0.3) is 0 Å². The van der Waals surface area contributed by atoms with Crippen molar-refractivity contribution in [1.82, 2.24) is 4.90 Å². The number of nitrogens with zero attached hydrogens (tertiary/aromatic N) is 1. The van der Waals surface area contributed by atoms with Crippen molar-refractivity contribution in [2.75, 3.05) is 13.1 Å². The number of aliphatic hydroxyl groups is 1. The van der Waals surface area contributed by atoms with Gasteiger partial charge in [-0.15, -0.1) is 0 Å². The SMILES string of the molecule is CCC(CC)N1CC(O)(C(=O)O)C1. The summed E-state index contributed by atoms with van der Waals surface area (Å²) in [5, 5.41) is 18.1. The van der Waals surface area contributed by atoms with E-state index < -0.39 is 11.6 Å². The zero-order chi connectivity index (χ0) is 10.1. The summed E-state index contributed by atoms with van der Waals surface area (Å²) in [5.74, 6) is -1.10. The van der Waals surface area contributed by atoms with Crippen LogP contribution in [0.1, 0.15) is 26.7 Å². The van der Waals surface area contributed by atoms with E-state index in [-0.39, 0.29) is 13.1 Å². The van der Waals surface area contributed by atoms with Crippen LogP contribution in [0.25, 0.3) is 0 Å². The van der Waals surface area contributed by atoms with Gasteiger partial charge in [0.2, 0.25) is 0 Å². The van der Waals surface area contributed by atoms with Gasteiger partial charge in [-0.3, -0.25) is 4.90 Å². The molecule has 0 aromatic heterocycles. The third kappa shape index (κ3) is 1.84. The highest BCUT2D eigenvalue weighted by Gasteiger charge is 2.49. The lowest BCUT2D eigenvalue weighted by atomic mass is 9.91. The zero-order valence-corrected chi connectivity index (χ0v) is 8.16.